The molecular weight excluding hydrogens is 304 g/mol. The number of rotatable bonds is 1. The molecule has 0 aromatic carbocycles. The van der Waals surface area contributed by atoms with E-state index in [9.17, 15) is 4.79 Å². The Bertz CT molecular complexity index is 716. The summed E-state index contributed by atoms with van der Waals surface area (Å²) in [6.07, 6.45) is 15.9. The molecule has 0 radical (unpaired) electrons. The number of hydrogen-bond donors (Lipinski definition) is 0. The summed E-state index contributed by atoms with van der Waals surface area (Å²) in [7, 11) is 0. The van der Waals surface area contributed by atoms with E-state index in [-0.39, 0.29) is 11.2 Å². The number of carbonyl (C=O) groups is 1. The summed E-state index contributed by atoms with van der Waals surface area (Å²) in [5.41, 5.74) is 6.97. The van der Waals surface area contributed by atoms with Gasteiger partial charge in [0.15, 0.2) is 5.78 Å². The van der Waals surface area contributed by atoms with Crippen molar-refractivity contribution >= 4 is 5.78 Å². The van der Waals surface area contributed by atoms with E-state index >= 15 is 0 Å². The molecule has 0 heterocycles. The van der Waals surface area contributed by atoms with Crippen LogP contribution in [0.3, 0.4) is 0 Å². The largest absolute Gasteiger partial charge is 0.290 e. The minimum absolute atomic E-state index is 0.129. The summed E-state index contributed by atoms with van der Waals surface area (Å²) >= 11 is 0. The van der Waals surface area contributed by atoms with E-state index in [1.54, 1.807) is 0 Å². The zero-order chi connectivity index (χ0) is 17.8. The smallest absolute Gasteiger partial charge is 0.178 e. The molecule has 0 bridgehead atoms. The van der Waals surface area contributed by atoms with Crippen molar-refractivity contribution in [2.45, 2.75) is 66.2 Å². The van der Waals surface area contributed by atoms with Gasteiger partial charge in [-0.2, -0.15) is 0 Å². The molecule has 0 N–H and O–H groups in total. The first kappa shape index (κ1) is 17.1. The molecule has 0 aromatic rings. The molecule has 1 heteroatoms. The summed E-state index contributed by atoms with van der Waals surface area (Å²) in [5.74, 6) is 3.29. The van der Waals surface area contributed by atoms with Gasteiger partial charge >= 0.3 is 0 Å². The van der Waals surface area contributed by atoms with Crippen molar-refractivity contribution in [3.63, 3.8) is 0 Å². The van der Waals surface area contributed by atoms with E-state index in [2.05, 4.69) is 45.6 Å². The molecule has 0 aromatic heterocycles. The Morgan fingerprint density at radius 2 is 2.00 bits per heavy atom. The Morgan fingerprint density at radius 1 is 1.20 bits per heavy atom. The molecule has 0 spiro atoms. The van der Waals surface area contributed by atoms with Crippen molar-refractivity contribution in [1.29, 1.82) is 0 Å². The maximum atomic E-state index is 11.9. The number of allylic oxidation sites excluding steroid dienone is 5. The van der Waals surface area contributed by atoms with Gasteiger partial charge in [-0.3, -0.25) is 4.79 Å². The van der Waals surface area contributed by atoms with Crippen LogP contribution in [0.1, 0.15) is 66.2 Å². The summed E-state index contributed by atoms with van der Waals surface area (Å²) in [6.45, 7) is 9.35. The summed E-state index contributed by atoms with van der Waals surface area (Å²) in [5, 5.41) is 0. The first-order chi connectivity index (χ1) is 11.9. The van der Waals surface area contributed by atoms with Crippen LogP contribution in [0.5, 0.6) is 0 Å². The zero-order valence-electron chi connectivity index (χ0n) is 16.3. The van der Waals surface area contributed by atoms with Gasteiger partial charge in [-0.05, 0) is 105 Å². The monoisotopic (exact) mass is 336 g/mol. The van der Waals surface area contributed by atoms with E-state index in [4.69, 9.17) is 0 Å². The highest BCUT2D eigenvalue weighted by atomic mass is 16.1. The van der Waals surface area contributed by atoms with Gasteiger partial charge in [-0.15, -0.1) is 5.73 Å². The van der Waals surface area contributed by atoms with Crippen LogP contribution in [0.2, 0.25) is 0 Å². The molecule has 1 nitrogen and oxygen atoms in total. The topological polar surface area (TPSA) is 17.1 Å². The lowest BCUT2D eigenvalue weighted by atomic mass is 9.47. The second kappa shape index (κ2) is 5.85. The highest BCUT2D eigenvalue weighted by Crippen LogP contribution is 2.66. The Labute approximate surface area is 153 Å². The van der Waals surface area contributed by atoms with Crippen LogP contribution in [0.25, 0.3) is 0 Å². The maximum absolute atomic E-state index is 11.9. The van der Waals surface area contributed by atoms with Crippen molar-refractivity contribution in [1.82, 2.24) is 0 Å². The second-order valence-corrected chi connectivity index (χ2v) is 9.39. The second-order valence-electron chi connectivity index (χ2n) is 9.39. The van der Waals surface area contributed by atoms with Crippen LogP contribution in [-0.4, -0.2) is 5.78 Å². The Morgan fingerprint density at radius 3 is 2.76 bits per heavy atom. The molecule has 6 atom stereocenters. The van der Waals surface area contributed by atoms with Gasteiger partial charge in [0.1, 0.15) is 0 Å². The van der Waals surface area contributed by atoms with Crippen LogP contribution in [0, 0.1) is 34.5 Å². The van der Waals surface area contributed by atoms with Crippen molar-refractivity contribution < 1.29 is 4.79 Å². The van der Waals surface area contributed by atoms with Crippen molar-refractivity contribution in [3.05, 3.63) is 41.2 Å². The molecule has 4 aliphatic rings. The fourth-order valence-electron chi connectivity index (χ4n) is 7.24. The molecule has 4 aliphatic carbocycles. The molecule has 134 valence electrons. The number of hydrogen-bond acceptors (Lipinski definition) is 1. The van der Waals surface area contributed by atoms with Gasteiger partial charge in [0.25, 0.3) is 0 Å². The van der Waals surface area contributed by atoms with E-state index in [1.165, 1.54) is 43.3 Å². The van der Waals surface area contributed by atoms with Crippen LogP contribution in [0.15, 0.2) is 41.2 Å². The van der Waals surface area contributed by atoms with Crippen LogP contribution < -0.4 is 0 Å². The average Bonchev–Trinajstić information content (AvgIpc) is 2.93. The first-order valence-corrected chi connectivity index (χ1v) is 10.2. The third-order valence-electron chi connectivity index (χ3n) is 8.45. The summed E-state index contributed by atoms with van der Waals surface area (Å²) < 4.78 is 0. The molecule has 0 saturated heterocycles. The van der Waals surface area contributed by atoms with Crippen LogP contribution in [-0.2, 0) is 4.79 Å². The Kier molecular flexibility index (Phi) is 4.00. The van der Waals surface area contributed by atoms with E-state index in [0.29, 0.717) is 11.3 Å². The van der Waals surface area contributed by atoms with Crippen molar-refractivity contribution in [3.8, 4) is 0 Å². The normalized spacial score (nSPS) is 45.0. The summed E-state index contributed by atoms with van der Waals surface area (Å²) in [6, 6.07) is 0. The maximum Gasteiger partial charge on any atom is 0.178 e. The number of fused-ring (bicyclic) bond motifs is 5. The van der Waals surface area contributed by atoms with Crippen LogP contribution >= 0.6 is 0 Å². The third kappa shape index (κ3) is 2.39. The van der Waals surface area contributed by atoms with E-state index in [0.717, 1.165) is 24.2 Å². The molecule has 0 amide bonds. The molecule has 4 unspecified atom stereocenters. The Balaban J connectivity index is 1.67. The predicted molar refractivity (Wildman–Crippen MR) is 103 cm³/mol. The fraction of sp³-hybridized carbons (Fsp3) is 0.667. The lowest BCUT2D eigenvalue weighted by molar-refractivity contribution is -0.111. The molecular formula is C24H32O. The lowest BCUT2D eigenvalue weighted by Crippen LogP contribution is -2.49. The number of carbonyl (C=O) groups excluding carboxylic acids is 1. The number of ketones is 1. The van der Waals surface area contributed by atoms with Crippen LogP contribution in [0.4, 0.5) is 0 Å². The SMILES string of the molecule is CC=C=C(C)C1CCC2C3CCC4=CC(=O)C=C[C@]4(C)C3CC[C@]12C. The van der Waals surface area contributed by atoms with Gasteiger partial charge < -0.3 is 0 Å². The summed E-state index contributed by atoms with van der Waals surface area (Å²) in [4.78, 5) is 11.9. The molecule has 25 heavy (non-hydrogen) atoms. The van der Waals surface area contributed by atoms with Gasteiger partial charge in [0, 0.05) is 5.41 Å². The highest BCUT2D eigenvalue weighted by Gasteiger charge is 2.58. The van der Waals surface area contributed by atoms with Gasteiger partial charge in [0.2, 0.25) is 0 Å². The average molecular weight is 337 g/mol. The predicted octanol–water partition coefficient (Wildman–Crippen LogP) is 6.03. The van der Waals surface area contributed by atoms with Gasteiger partial charge in [-0.1, -0.05) is 25.5 Å². The molecule has 3 fully saturated rings. The Hall–Kier alpha value is -1.33. The van der Waals surface area contributed by atoms with E-state index < -0.39 is 0 Å². The molecule has 3 saturated carbocycles. The molecule has 0 aliphatic heterocycles. The van der Waals surface area contributed by atoms with Gasteiger partial charge in [0.05, 0.1) is 0 Å². The van der Waals surface area contributed by atoms with Crippen molar-refractivity contribution in [2.75, 3.05) is 0 Å². The minimum Gasteiger partial charge on any atom is -0.290 e. The lowest BCUT2D eigenvalue weighted by Gasteiger charge is -2.57. The minimum atomic E-state index is 0.129. The zero-order valence-corrected chi connectivity index (χ0v) is 16.3. The fourth-order valence-corrected chi connectivity index (χ4v) is 7.24. The standard InChI is InChI=1S/C24H32O/c1-5-6-16(2)20-9-10-21-19-8-7-17-15-18(25)11-13-23(17,3)22(19)12-14-24(20,21)4/h5,11,13,15,19-22H,7-10,12,14H2,1-4H3/t6?,19?,20?,21?,22?,23-,24+/m0/s1. The quantitative estimate of drug-likeness (QED) is 0.534. The van der Waals surface area contributed by atoms with Crippen molar-refractivity contribution in [2.24, 2.45) is 34.5 Å². The van der Waals surface area contributed by atoms with E-state index in [1.807, 2.05) is 12.2 Å². The van der Waals surface area contributed by atoms with Gasteiger partial charge in [-0.25, -0.2) is 0 Å². The highest BCUT2D eigenvalue weighted by molar-refractivity contribution is 6.01. The third-order valence-corrected chi connectivity index (χ3v) is 8.45. The first-order valence-electron chi connectivity index (χ1n) is 10.2. The molecule has 4 rings (SSSR count).